The van der Waals surface area contributed by atoms with Crippen LogP contribution in [0.5, 0.6) is 0 Å². The molecule has 3 heteroatoms. The molecule has 1 unspecified atom stereocenters. The van der Waals surface area contributed by atoms with Gasteiger partial charge in [0, 0.05) is 24.4 Å². The van der Waals surface area contributed by atoms with Crippen molar-refractivity contribution in [3.8, 4) is 0 Å². The number of aromatic nitrogens is 1. The molecule has 1 aromatic heterocycles. The zero-order valence-corrected chi connectivity index (χ0v) is 5.32. The highest BCUT2D eigenvalue weighted by Gasteiger charge is 2.26. The Morgan fingerprint density at radius 2 is 2.60 bits per heavy atom. The fourth-order valence-electron chi connectivity index (χ4n) is 1.18. The number of nitrogens with zero attached hydrogens (tertiary/aromatic N) is 1. The first-order valence-electron chi connectivity index (χ1n) is 3.15. The summed E-state index contributed by atoms with van der Waals surface area (Å²) in [6.45, 7) is 0. The van der Waals surface area contributed by atoms with Gasteiger partial charge in [0.1, 0.15) is 6.10 Å². The van der Waals surface area contributed by atoms with Gasteiger partial charge in [0.05, 0.1) is 0 Å². The molecule has 0 aromatic carbocycles. The topological polar surface area (TPSA) is 42.4 Å². The lowest BCUT2D eigenvalue weighted by atomic mass is 9.88. The Morgan fingerprint density at radius 1 is 1.70 bits per heavy atom. The van der Waals surface area contributed by atoms with E-state index in [-0.39, 0.29) is 6.10 Å². The van der Waals surface area contributed by atoms with E-state index in [9.17, 15) is 0 Å². The second kappa shape index (κ2) is 2.04. The molecule has 0 radical (unpaired) electrons. The summed E-state index contributed by atoms with van der Waals surface area (Å²) in [7, 11) is 0. The number of pyridine rings is 1. The van der Waals surface area contributed by atoms with Crippen molar-refractivity contribution in [3.05, 3.63) is 29.6 Å². The standard InChI is InChI=1S/C7H7NO2/c9-10-7-3-5-1-2-8-4-6(5)7/h1-2,4,7,9H,3H2. The molecule has 0 amide bonds. The Morgan fingerprint density at radius 3 is 3.30 bits per heavy atom. The van der Waals surface area contributed by atoms with Gasteiger partial charge in [-0.1, -0.05) is 0 Å². The maximum atomic E-state index is 8.31. The van der Waals surface area contributed by atoms with Gasteiger partial charge in [-0.25, -0.2) is 4.89 Å². The molecule has 0 fully saturated rings. The van der Waals surface area contributed by atoms with Gasteiger partial charge in [-0.2, -0.15) is 0 Å². The quantitative estimate of drug-likeness (QED) is 0.466. The van der Waals surface area contributed by atoms with Crippen molar-refractivity contribution < 1.29 is 10.1 Å². The summed E-state index contributed by atoms with van der Waals surface area (Å²) in [6.07, 6.45) is 4.13. The Hall–Kier alpha value is -0.930. The number of hydrogen-bond donors (Lipinski definition) is 1. The van der Waals surface area contributed by atoms with Crippen LogP contribution >= 0.6 is 0 Å². The van der Waals surface area contributed by atoms with Gasteiger partial charge < -0.3 is 0 Å². The minimum atomic E-state index is -0.135. The first-order valence-corrected chi connectivity index (χ1v) is 3.15. The first-order chi connectivity index (χ1) is 4.92. The molecule has 1 N–H and O–H groups in total. The van der Waals surface area contributed by atoms with Gasteiger partial charge in [-0.05, 0) is 11.6 Å². The van der Waals surface area contributed by atoms with Crippen molar-refractivity contribution in [2.45, 2.75) is 12.5 Å². The summed E-state index contributed by atoms with van der Waals surface area (Å²) in [5.41, 5.74) is 2.22. The van der Waals surface area contributed by atoms with E-state index in [1.165, 1.54) is 5.56 Å². The molecule has 10 heavy (non-hydrogen) atoms. The molecule has 52 valence electrons. The second-order valence-corrected chi connectivity index (χ2v) is 2.37. The smallest absolute Gasteiger partial charge is 0.123 e. The van der Waals surface area contributed by atoms with Crippen LogP contribution in [0.4, 0.5) is 0 Å². The van der Waals surface area contributed by atoms with Crippen LogP contribution < -0.4 is 0 Å². The third-order valence-corrected chi connectivity index (χ3v) is 1.83. The van der Waals surface area contributed by atoms with E-state index in [0.717, 1.165) is 12.0 Å². The molecule has 0 spiro atoms. The molecule has 2 rings (SSSR count). The van der Waals surface area contributed by atoms with Crippen LogP contribution in [0.25, 0.3) is 0 Å². The zero-order chi connectivity index (χ0) is 6.97. The molecule has 1 aromatic rings. The molecular formula is C7H7NO2. The van der Waals surface area contributed by atoms with Crippen molar-refractivity contribution in [2.75, 3.05) is 0 Å². The van der Waals surface area contributed by atoms with Gasteiger partial charge in [-0.3, -0.25) is 10.2 Å². The predicted molar refractivity (Wildman–Crippen MR) is 34.4 cm³/mol. The normalized spacial score (nSPS) is 21.5. The van der Waals surface area contributed by atoms with Crippen molar-refractivity contribution in [2.24, 2.45) is 0 Å². The average molecular weight is 137 g/mol. The number of fused-ring (bicyclic) bond motifs is 1. The minimum absolute atomic E-state index is 0.135. The van der Waals surface area contributed by atoms with E-state index in [2.05, 4.69) is 9.87 Å². The Balaban J connectivity index is 2.34. The SMILES string of the molecule is OOC1Cc2ccncc21. The lowest BCUT2D eigenvalue weighted by molar-refractivity contribution is -0.287. The molecule has 1 heterocycles. The summed E-state index contributed by atoms with van der Waals surface area (Å²) < 4.78 is 0. The number of rotatable bonds is 1. The van der Waals surface area contributed by atoms with Gasteiger partial charge in [0.15, 0.2) is 0 Å². The van der Waals surface area contributed by atoms with E-state index in [1.807, 2.05) is 6.07 Å². The second-order valence-electron chi connectivity index (χ2n) is 2.37. The van der Waals surface area contributed by atoms with Crippen LogP contribution in [0.1, 0.15) is 17.2 Å². The van der Waals surface area contributed by atoms with Crippen LogP contribution in [0, 0.1) is 0 Å². The maximum absolute atomic E-state index is 8.31. The van der Waals surface area contributed by atoms with Crippen LogP contribution in [0.15, 0.2) is 18.5 Å². The molecule has 1 atom stereocenters. The summed E-state index contributed by atoms with van der Waals surface area (Å²) >= 11 is 0. The molecule has 0 saturated heterocycles. The summed E-state index contributed by atoms with van der Waals surface area (Å²) in [4.78, 5) is 8.08. The van der Waals surface area contributed by atoms with Crippen LogP contribution in [-0.2, 0) is 11.3 Å². The molecular weight excluding hydrogens is 130 g/mol. The lowest BCUT2D eigenvalue weighted by Gasteiger charge is -2.25. The van der Waals surface area contributed by atoms with Gasteiger partial charge in [0.2, 0.25) is 0 Å². The molecule has 1 aliphatic rings. The average Bonchev–Trinajstić information content (AvgIpc) is 1.92. The maximum Gasteiger partial charge on any atom is 0.123 e. The molecule has 1 aliphatic carbocycles. The van der Waals surface area contributed by atoms with Crippen LogP contribution in [-0.4, -0.2) is 10.2 Å². The minimum Gasteiger partial charge on any atom is -0.264 e. The van der Waals surface area contributed by atoms with Crippen molar-refractivity contribution >= 4 is 0 Å². The van der Waals surface area contributed by atoms with E-state index < -0.39 is 0 Å². The van der Waals surface area contributed by atoms with Gasteiger partial charge in [0.25, 0.3) is 0 Å². The van der Waals surface area contributed by atoms with E-state index in [0.29, 0.717) is 0 Å². The molecule has 0 bridgehead atoms. The number of hydrogen-bond acceptors (Lipinski definition) is 3. The Kier molecular flexibility index (Phi) is 1.19. The molecule has 0 saturated carbocycles. The van der Waals surface area contributed by atoms with E-state index in [4.69, 9.17) is 5.26 Å². The van der Waals surface area contributed by atoms with E-state index >= 15 is 0 Å². The fraction of sp³-hybridized carbons (Fsp3) is 0.286. The van der Waals surface area contributed by atoms with Gasteiger partial charge in [-0.15, -0.1) is 0 Å². The highest BCUT2D eigenvalue weighted by atomic mass is 17.1. The molecule has 3 nitrogen and oxygen atoms in total. The third kappa shape index (κ3) is 0.647. The third-order valence-electron chi connectivity index (χ3n) is 1.83. The monoisotopic (exact) mass is 137 g/mol. The van der Waals surface area contributed by atoms with Crippen molar-refractivity contribution in [1.29, 1.82) is 0 Å². The van der Waals surface area contributed by atoms with Crippen LogP contribution in [0.3, 0.4) is 0 Å². The molecule has 0 aliphatic heterocycles. The van der Waals surface area contributed by atoms with Crippen molar-refractivity contribution in [1.82, 2.24) is 4.98 Å². The van der Waals surface area contributed by atoms with Crippen LogP contribution in [0.2, 0.25) is 0 Å². The summed E-state index contributed by atoms with van der Waals surface area (Å²) in [6, 6.07) is 1.94. The lowest BCUT2D eigenvalue weighted by Crippen LogP contribution is -2.18. The van der Waals surface area contributed by atoms with E-state index in [1.54, 1.807) is 12.4 Å². The zero-order valence-electron chi connectivity index (χ0n) is 5.32. The van der Waals surface area contributed by atoms with Gasteiger partial charge >= 0.3 is 0 Å². The Labute approximate surface area is 58.2 Å². The summed E-state index contributed by atoms with van der Waals surface area (Å²) in [5.74, 6) is 0. The van der Waals surface area contributed by atoms with Crippen molar-refractivity contribution in [3.63, 3.8) is 0 Å². The highest BCUT2D eigenvalue weighted by Crippen LogP contribution is 2.33. The predicted octanol–water partition coefficient (Wildman–Crippen LogP) is 1.17. The highest BCUT2D eigenvalue weighted by molar-refractivity contribution is 5.35. The first kappa shape index (κ1) is 5.82. The largest absolute Gasteiger partial charge is 0.264 e. The Bertz CT molecular complexity index is 249. The summed E-state index contributed by atoms with van der Waals surface area (Å²) in [5, 5.41) is 8.31. The fourth-order valence-corrected chi connectivity index (χ4v) is 1.18.